The average molecular weight is 476 g/mol. The number of benzene rings is 2. The zero-order valence-corrected chi connectivity index (χ0v) is 16.4. The molecule has 0 aliphatic carbocycles. The fourth-order valence-corrected chi connectivity index (χ4v) is 2.63. The molecule has 0 bridgehead atoms. The quantitative estimate of drug-likeness (QED) is 0.509. The fraction of sp³-hybridized carbons (Fsp3) is 0.176. The second-order valence-electron chi connectivity index (χ2n) is 4.82. The Labute approximate surface area is 163 Å². The third kappa shape index (κ3) is 5.23. The molecule has 0 heterocycles. The number of hydrogen-bond acceptors (Lipinski definition) is 5. The van der Waals surface area contributed by atoms with Gasteiger partial charge in [0.1, 0.15) is 0 Å². The summed E-state index contributed by atoms with van der Waals surface area (Å²) in [7, 11) is 2.87. The molecule has 0 aliphatic rings. The number of ether oxygens (including phenoxy) is 3. The van der Waals surface area contributed by atoms with Gasteiger partial charge in [0, 0.05) is 9.26 Å². The van der Waals surface area contributed by atoms with Gasteiger partial charge in [-0.25, -0.2) is 4.79 Å². The van der Waals surface area contributed by atoms with Gasteiger partial charge in [0.15, 0.2) is 18.1 Å². The molecule has 0 fully saturated rings. The van der Waals surface area contributed by atoms with E-state index in [0.29, 0.717) is 17.2 Å². The molecular weight excluding hydrogens is 461 g/mol. The van der Waals surface area contributed by atoms with Crippen molar-refractivity contribution in [3.63, 3.8) is 0 Å². The predicted molar refractivity (Wildman–Crippen MR) is 103 cm³/mol. The van der Waals surface area contributed by atoms with Crippen LogP contribution in [-0.4, -0.2) is 32.7 Å². The predicted octanol–water partition coefficient (Wildman–Crippen LogP) is 3.76. The molecule has 2 rings (SSSR count). The smallest absolute Gasteiger partial charge is 0.338 e. The van der Waals surface area contributed by atoms with E-state index in [-0.39, 0.29) is 10.6 Å². The van der Waals surface area contributed by atoms with Gasteiger partial charge in [0.2, 0.25) is 0 Å². The van der Waals surface area contributed by atoms with Crippen molar-refractivity contribution in [2.45, 2.75) is 0 Å². The summed E-state index contributed by atoms with van der Waals surface area (Å²) in [6.45, 7) is -0.420. The van der Waals surface area contributed by atoms with Gasteiger partial charge in [-0.3, -0.25) is 4.79 Å². The Balaban J connectivity index is 1.99. The molecular formula is C17H15ClINO5. The first kappa shape index (κ1) is 19.3. The maximum Gasteiger partial charge on any atom is 0.338 e. The molecule has 2 aromatic carbocycles. The fourth-order valence-electron chi connectivity index (χ4n) is 1.98. The van der Waals surface area contributed by atoms with E-state index in [9.17, 15) is 9.59 Å². The Hall–Kier alpha value is -2.00. The van der Waals surface area contributed by atoms with Crippen LogP contribution in [0.4, 0.5) is 5.69 Å². The van der Waals surface area contributed by atoms with Crippen LogP contribution in [-0.2, 0) is 9.53 Å². The van der Waals surface area contributed by atoms with Gasteiger partial charge in [-0.1, -0.05) is 11.6 Å². The zero-order valence-electron chi connectivity index (χ0n) is 13.5. The number of nitrogens with one attached hydrogen (secondary N) is 1. The summed E-state index contributed by atoms with van der Waals surface area (Å²) in [5, 5.41) is 2.84. The number of esters is 1. The van der Waals surface area contributed by atoms with Crippen LogP contribution in [0.1, 0.15) is 10.4 Å². The third-order valence-electron chi connectivity index (χ3n) is 3.13. The van der Waals surface area contributed by atoms with E-state index in [2.05, 4.69) is 27.9 Å². The van der Waals surface area contributed by atoms with Crippen molar-refractivity contribution in [1.29, 1.82) is 0 Å². The molecule has 1 amide bonds. The summed E-state index contributed by atoms with van der Waals surface area (Å²) in [6.07, 6.45) is 0. The van der Waals surface area contributed by atoms with E-state index in [4.69, 9.17) is 25.8 Å². The molecule has 8 heteroatoms. The monoisotopic (exact) mass is 475 g/mol. The molecule has 6 nitrogen and oxygen atoms in total. The number of halogens is 2. The minimum Gasteiger partial charge on any atom is -0.493 e. The van der Waals surface area contributed by atoms with E-state index in [1.54, 1.807) is 12.1 Å². The highest BCUT2D eigenvalue weighted by molar-refractivity contribution is 14.1. The lowest BCUT2D eigenvalue weighted by Crippen LogP contribution is -2.21. The van der Waals surface area contributed by atoms with Crippen molar-refractivity contribution in [3.05, 3.63) is 50.6 Å². The second-order valence-corrected chi connectivity index (χ2v) is 6.48. The normalized spacial score (nSPS) is 10.1. The van der Waals surface area contributed by atoms with E-state index in [1.165, 1.54) is 26.4 Å². The molecule has 132 valence electrons. The topological polar surface area (TPSA) is 73.9 Å². The van der Waals surface area contributed by atoms with Gasteiger partial charge in [-0.05, 0) is 59.0 Å². The van der Waals surface area contributed by atoms with Gasteiger partial charge >= 0.3 is 5.97 Å². The Morgan fingerprint density at radius 2 is 1.80 bits per heavy atom. The number of carbonyl (C=O) groups excluding carboxylic acids is 2. The number of anilines is 1. The molecule has 1 N–H and O–H groups in total. The largest absolute Gasteiger partial charge is 0.493 e. The van der Waals surface area contributed by atoms with Crippen LogP contribution >= 0.6 is 34.2 Å². The Morgan fingerprint density at radius 1 is 1.12 bits per heavy atom. The first-order valence-corrected chi connectivity index (χ1v) is 8.54. The number of rotatable bonds is 6. The molecule has 0 saturated heterocycles. The lowest BCUT2D eigenvalue weighted by atomic mass is 10.2. The van der Waals surface area contributed by atoms with E-state index < -0.39 is 18.5 Å². The van der Waals surface area contributed by atoms with Crippen LogP contribution in [0.3, 0.4) is 0 Å². The molecule has 2 aromatic rings. The maximum absolute atomic E-state index is 12.1. The van der Waals surface area contributed by atoms with Gasteiger partial charge < -0.3 is 19.5 Å². The maximum atomic E-state index is 12.1. The second kappa shape index (κ2) is 8.91. The van der Waals surface area contributed by atoms with Crippen LogP contribution in [0, 0.1) is 3.57 Å². The van der Waals surface area contributed by atoms with Crippen molar-refractivity contribution < 1.29 is 23.8 Å². The van der Waals surface area contributed by atoms with Crippen molar-refractivity contribution in [2.24, 2.45) is 0 Å². The molecule has 0 atom stereocenters. The minimum absolute atomic E-state index is 0.157. The van der Waals surface area contributed by atoms with E-state index >= 15 is 0 Å². The molecule has 0 saturated carbocycles. The molecule has 0 aromatic heterocycles. The van der Waals surface area contributed by atoms with Crippen LogP contribution < -0.4 is 14.8 Å². The third-order valence-corrected chi connectivity index (χ3v) is 4.13. The van der Waals surface area contributed by atoms with Crippen LogP contribution in [0.2, 0.25) is 5.02 Å². The van der Waals surface area contributed by atoms with Crippen LogP contribution in [0.15, 0.2) is 36.4 Å². The molecule has 0 radical (unpaired) electrons. The lowest BCUT2D eigenvalue weighted by molar-refractivity contribution is -0.119. The molecule has 0 spiro atoms. The first-order chi connectivity index (χ1) is 11.9. The summed E-state index contributed by atoms with van der Waals surface area (Å²) in [6, 6.07) is 10.1. The minimum atomic E-state index is -0.694. The number of carbonyl (C=O) groups is 2. The van der Waals surface area contributed by atoms with E-state index in [1.807, 2.05) is 12.1 Å². The number of hydrogen-bond donors (Lipinski definition) is 1. The summed E-state index contributed by atoms with van der Waals surface area (Å²) in [5.41, 5.74) is 0.778. The van der Waals surface area contributed by atoms with Crippen molar-refractivity contribution in [2.75, 3.05) is 26.1 Å². The van der Waals surface area contributed by atoms with Gasteiger partial charge in [0.25, 0.3) is 5.91 Å². The highest BCUT2D eigenvalue weighted by atomic mass is 127. The van der Waals surface area contributed by atoms with Crippen molar-refractivity contribution >= 4 is 51.8 Å². The highest BCUT2D eigenvalue weighted by Crippen LogP contribution is 2.36. The molecule has 0 unspecified atom stereocenters. The van der Waals surface area contributed by atoms with Crippen LogP contribution in [0.5, 0.6) is 11.5 Å². The van der Waals surface area contributed by atoms with E-state index in [0.717, 1.165) is 3.57 Å². The molecule has 0 aliphatic heterocycles. The average Bonchev–Trinajstić information content (AvgIpc) is 2.60. The van der Waals surface area contributed by atoms with Crippen molar-refractivity contribution in [1.82, 2.24) is 0 Å². The van der Waals surface area contributed by atoms with Crippen LogP contribution in [0.25, 0.3) is 0 Å². The zero-order chi connectivity index (χ0) is 18.4. The summed E-state index contributed by atoms with van der Waals surface area (Å²) >= 11 is 8.21. The number of amides is 1. The van der Waals surface area contributed by atoms with Gasteiger partial charge in [-0.2, -0.15) is 0 Å². The standard InChI is InChI=1S/C17H15ClINO5/c1-23-14-8-10(7-13(18)16(14)24-2)17(22)25-9-15(21)20-12-5-3-11(19)4-6-12/h3-8H,9H2,1-2H3,(H,20,21). The Bertz CT molecular complexity index is 779. The Kier molecular flexibility index (Phi) is 6.89. The SMILES string of the molecule is COc1cc(C(=O)OCC(=O)Nc2ccc(I)cc2)cc(Cl)c1OC. The summed E-state index contributed by atoms with van der Waals surface area (Å²) < 4.78 is 16.3. The highest BCUT2D eigenvalue weighted by Gasteiger charge is 2.17. The Morgan fingerprint density at radius 3 is 2.40 bits per heavy atom. The molecule has 25 heavy (non-hydrogen) atoms. The van der Waals surface area contributed by atoms with Gasteiger partial charge in [0.05, 0.1) is 24.8 Å². The first-order valence-electron chi connectivity index (χ1n) is 7.08. The van der Waals surface area contributed by atoms with Gasteiger partial charge in [-0.15, -0.1) is 0 Å². The van der Waals surface area contributed by atoms with Crippen molar-refractivity contribution in [3.8, 4) is 11.5 Å². The number of methoxy groups -OCH3 is 2. The summed E-state index contributed by atoms with van der Waals surface area (Å²) in [5.74, 6) is -0.524. The summed E-state index contributed by atoms with van der Waals surface area (Å²) in [4.78, 5) is 24.0. The lowest BCUT2D eigenvalue weighted by Gasteiger charge is -2.11.